The van der Waals surface area contributed by atoms with E-state index >= 15 is 0 Å². The van der Waals surface area contributed by atoms with Gasteiger partial charge in [-0.05, 0) is 38.6 Å². The lowest BCUT2D eigenvalue weighted by atomic mass is 10.1. The van der Waals surface area contributed by atoms with Gasteiger partial charge in [0, 0.05) is 16.6 Å². The summed E-state index contributed by atoms with van der Waals surface area (Å²) in [5.74, 6) is 0.229. The van der Waals surface area contributed by atoms with Crippen LogP contribution >= 0.6 is 11.6 Å². The summed E-state index contributed by atoms with van der Waals surface area (Å²) in [5, 5.41) is 3.93. The molecule has 0 aliphatic heterocycles. The van der Waals surface area contributed by atoms with Crippen LogP contribution in [0.5, 0.6) is 5.75 Å². The third-order valence-electron chi connectivity index (χ3n) is 2.79. The molecule has 5 heteroatoms. The summed E-state index contributed by atoms with van der Waals surface area (Å²) in [7, 11) is 1.34. The lowest BCUT2D eigenvalue weighted by Crippen LogP contribution is -2.26. The summed E-state index contributed by atoms with van der Waals surface area (Å²) in [4.78, 5) is 11.4. The van der Waals surface area contributed by atoms with Crippen molar-refractivity contribution in [1.29, 1.82) is 0 Å². The zero-order valence-corrected chi connectivity index (χ0v) is 12.5. The minimum Gasteiger partial charge on any atom is -0.479 e. The van der Waals surface area contributed by atoms with Crippen LogP contribution in [0.1, 0.15) is 32.4 Å². The molecule has 0 radical (unpaired) electrons. The van der Waals surface area contributed by atoms with Gasteiger partial charge in [-0.15, -0.1) is 0 Å². The summed E-state index contributed by atoms with van der Waals surface area (Å²) in [6, 6.07) is 5.44. The summed E-state index contributed by atoms with van der Waals surface area (Å²) in [5.41, 5.74) is 0.921. The quantitative estimate of drug-likeness (QED) is 0.817. The van der Waals surface area contributed by atoms with Crippen LogP contribution in [-0.2, 0) is 9.53 Å². The van der Waals surface area contributed by atoms with Gasteiger partial charge in [0.25, 0.3) is 0 Å². The van der Waals surface area contributed by atoms with Crippen molar-refractivity contribution in [3.05, 3.63) is 28.8 Å². The normalized spacial score (nSPS) is 13.7. The van der Waals surface area contributed by atoms with E-state index in [4.69, 9.17) is 16.3 Å². The Kier molecular flexibility index (Phi) is 6.12. The first-order valence-electron chi connectivity index (χ1n) is 6.26. The summed E-state index contributed by atoms with van der Waals surface area (Å²) < 4.78 is 10.3. The molecule has 0 aliphatic rings. The SMILES string of the molecule is CCNC(C)c1cc(Cl)ccc1OC(C)C(=O)OC. The molecule has 0 saturated heterocycles. The average Bonchev–Trinajstić information content (AvgIpc) is 2.39. The van der Waals surface area contributed by atoms with Crippen molar-refractivity contribution >= 4 is 17.6 Å². The van der Waals surface area contributed by atoms with E-state index in [1.807, 2.05) is 19.9 Å². The van der Waals surface area contributed by atoms with E-state index < -0.39 is 12.1 Å². The molecule has 1 rings (SSSR count). The van der Waals surface area contributed by atoms with Crippen LogP contribution < -0.4 is 10.1 Å². The van der Waals surface area contributed by atoms with Crippen LogP contribution in [0.2, 0.25) is 5.02 Å². The van der Waals surface area contributed by atoms with Gasteiger partial charge in [0.15, 0.2) is 6.10 Å². The number of esters is 1. The van der Waals surface area contributed by atoms with Crippen molar-refractivity contribution in [2.24, 2.45) is 0 Å². The molecule has 0 bridgehead atoms. The Bertz CT molecular complexity index is 437. The van der Waals surface area contributed by atoms with E-state index in [2.05, 4.69) is 10.1 Å². The lowest BCUT2D eigenvalue weighted by Gasteiger charge is -2.20. The lowest BCUT2D eigenvalue weighted by molar-refractivity contribution is -0.147. The number of hydrogen-bond donors (Lipinski definition) is 1. The van der Waals surface area contributed by atoms with Gasteiger partial charge in [-0.1, -0.05) is 18.5 Å². The first kappa shape index (κ1) is 15.8. The molecule has 0 heterocycles. The standard InChI is InChI=1S/C14H20ClNO3/c1-5-16-9(2)12-8-11(15)6-7-13(12)19-10(3)14(17)18-4/h6-10,16H,5H2,1-4H3. The molecule has 1 N–H and O–H groups in total. The number of carbonyl (C=O) groups is 1. The Morgan fingerprint density at radius 1 is 1.42 bits per heavy atom. The molecule has 0 spiro atoms. The van der Waals surface area contributed by atoms with E-state index in [-0.39, 0.29) is 6.04 Å². The maximum atomic E-state index is 11.4. The maximum Gasteiger partial charge on any atom is 0.346 e. The minimum absolute atomic E-state index is 0.0866. The molecule has 106 valence electrons. The van der Waals surface area contributed by atoms with Crippen LogP contribution in [0.4, 0.5) is 0 Å². The third-order valence-corrected chi connectivity index (χ3v) is 3.02. The third kappa shape index (κ3) is 4.40. The maximum absolute atomic E-state index is 11.4. The van der Waals surface area contributed by atoms with Crippen LogP contribution in [-0.4, -0.2) is 25.7 Å². The second-order valence-electron chi connectivity index (χ2n) is 4.24. The molecule has 19 heavy (non-hydrogen) atoms. The number of rotatable bonds is 6. The van der Waals surface area contributed by atoms with Crippen molar-refractivity contribution in [3.63, 3.8) is 0 Å². The van der Waals surface area contributed by atoms with Crippen LogP contribution in [0.25, 0.3) is 0 Å². The summed E-state index contributed by atoms with van der Waals surface area (Å²) >= 11 is 6.01. The minimum atomic E-state index is -0.654. The Morgan fingerprint density at radius 2 is 2.11 bits per heavy atom. The fourth-order valence-corrected chi connectivity index (χ4v) is 1.97. The molecule has 0 amide bonds. The van der Waals surface area contributed by atoms with Crippen molar-refractivity contribution in [2.75, 3.05) is 13.7 Å². The molecule has 4 nitrogen and oxygen atoms in total. The topological polar surface area (TPSA) is 47.6 Å². The zero-order valence-electron chi connectivity index (χ0n) is 11.7. The molecule has 2 atom stereocenters. The van der Waals surface area contributed by atoms with Gasteiger partial charge in [0.1, 0.15) is 5.75 Å². The Morgan fingerprint density at radius 3 is 2.68 bits per heavy atom. The van der Waals surface area contributed by atoms with Crippen molar-refractivity contribution in [3.8, 4) is 5.75 Å². The van der Waals surface area contributed by atoms with Crippen molar-refractivity contribution in [1.82, 2.24) is 5.32 Å². The van der Waals surface area contributed by atoms with Crippen LogP contribution in [0.15, 0.2) is 18.2 Å². The summed E-state index contributed by atoms with van der Waals surface area (Å²) in [6.45, 7) is 6.53. The summed E-state index contributed by atoms with van der Waals surface area (Å²) in [6.07, 6.45) is -0.654. The molecule has 1 aromatic rings. The number of methoxy groups -OCH3 is 1. The molecular formula is C14H20ClNO3. The molecular weight excluding hydrogens is 266 g/mol. The van der Waals surface area contributed by atoms with Gasteiger partial charge in [-0.3, -0.25) is 0 Å². The first-order chi connectivity index (χ1) is 8.99. The second kappa shape index (κ2) is 7.36. The fourth-order valence-electron chi connectivity index (χ4n) is 1.79. The van der Waals surface area contributed by atoms with E-state index in [1.165, 1.54) is 7.11 Å². The number of halogens is 1. The highest BCUT2D eigenvalue weighted by Crippen LogP contribution is 2.29. The molecule has 0 aliphatic carbocycles. The first-order valence-corrected chi connectivity index (χ1v) is 6.64. The highest BCUT2D eigenvalue weighted by Gasteiger charge is 2.18. The number of ether oxygens (including phenoxy) is 2. The number of nitrogens with one attached hydrogen (secondary N) is 1. The van der Waals surface area contributed by atoms with Gasteiger partial charge in [0.05, 0.1) is 7.11 Å². The van der Waals surface area contributed by atoms with Gasteiger partial charge >= 0.3 is 5.97 Å². The van der Waals surface area contributed by atoms with Crippen molar-refractivity contribution in [2.45, 2.75) is 32.9 Å². The molecule has 0 saturated carbocycles. The van der Waals surface area contributed by atoms with Crippen LogP contribution in [0, 0.1) is 0 Å². The highest BCUT2D eigenvalue weighted by atomic mass is 35.5. The van der Waals surface area contributed by atoms with Crippen LogP contribution in [0.3, 0.4) is 0 Å². The van der Waals surface area contributed by atoms with Crippen molar-refractivity contribution < 1.29 is 14.3 Å². The fraction of sp³-hybridized carbons (Fsp3) is 0.500. The largest absolute Gasteiger partial charge is 0.479 e. The highest BCUT2D eigenvalue weighted by molar-refractivity contribution is 6.30. The van der Waals surface area contributed by atoms with E-state index in [0.717, 1.165) is 12.1 Å². The number of benzene rings is 1. The second-order valence-corrected chi connectivity index (χ2v) is 4.68. The molecule has 0 fully saturated rings. The predicted molar refractivity (Wildman–Crippen MR) is 75.6 cm³/mol. The van der Waals surface area contributed by atoms with Gasteiger partial charge in [-0.25, -0.2) is 4.79 Å². The van der Waals surface area contributed by atoms with E-state index in [9.17, 15) is 4.79 Å². The van der Waals surface area contributed by atoms with Gasteiger partial charge < -0.3 is 14.8 Å². The predicted octanol–water partition coefficient (Wildman–Crippen LogP) is 2.95. The van der Waals surface area contributed by atoms with Gasteiger partial charge in [0.2, 0.25) is 0 Å². The molecule has 1 aromatic carbocycles. The number of hydrogen-bond acceptors (Lipinski definition) is 4. The number of carbonyl (C=O) groups excluding carboxylic acids is 1. The molecule has 0 aromatic heterocycles. The Labute approximate surface area is 119 Å². The van der Waals surface area contributed by atoms with Gasteiger partial charge in [-0.2, -0.15) is 0 Å². The zero-order chi connectivity index (χ0) is 14.4. The van der Waals surface area contributed by atoms with E-state index in [0.29, 0.717) is 10.8 Å². The van der Waals surface area contributed by atoms with E-state index in [1.54, 1.807) is 19.1 Å². The monoisotopic (exact) mass is 285 g/mol. The Hall–Kier alpha value is -1.26. The smallest absolute Gasteiger partial charge is 0.346 e. The average molecular weight is 286 g/mol. The molecule has 2 unspecified atom stereocenters. The Balaban J connectivity index is 2.96.